The first kappa shape index (κ1) is 23.6. The van der Waals surface area contributed by atoms with Crippen molar-refractivity contribution in [2.75, 3.05) is 27.4 Å². The minimum absolute atomic E-state index is 0.0518. The number of hydrogen-bond acceptors (Lipinski definition) is 7. The van der Waals surface area contributed by atoms with Crippen molar-refractivity contribution in [3.05, 3.63) is 83.9 Å². The second kappa shape index (κ2) is 10.1. The average molecular weight is 484 g/mol. The molecule has 3 aromatic carbocycles. The SMILES string of the molecule is COc1ccc(CN2C[C@@H](c3ccc(OS(=O)(=O)c4ccccc4)cc3)OCC2=O)c(OC)c1. The van der Waals surface area contributed by atoms with Gasteiger partial charge in [-0.05, 0) is 42.0 Å². The van der Waals surface area contributed by atoms with Crippen molar-refractivity contribution in [1.82, 2.24) is 4.90 Å². The van der Waals surface area contributed by atoms with E-state index in [9.17, 15) is 13.2 Å². The van der Waals surface area contributed by atoms with E-state index in [-0.39, 0.29) is 29.3 Å². The van der Waals surface area contributed by atoms with E-state index in [0.29, 0.717) is 24.6 Å². The zero-order chi connectivity index (χ0) is 24.1. The van der Waals surface area contributed by atoms with Crippen molar-refractivity contribution in [3.63, 3.8) is 0 Å². The van der Waals surface area contributed by atoms with E-state index in [2.05, 4.69) is 0 Å². The molecule has 4 rings (SSSR count). The van der Waals surface area contributed by atoms with Crippen LogP contribution < -0.4 is 13.7 Å². The number of rotatable bonds is 8. The number of hydrogen-bond donors (Lipinski definition) is 0. The molecule has 8 nitrogen and oxygen atoms in total. The highest BCUT2D eigenvalue weighted by Gasteiger charge is 2.28. The minimum Gasteiger partial charge on any atom is -0.497 e. The first-order valence-electron chi connectivity index (χ1n) is 10.6. The number of methoxy groups -OCH3 is 2. The molecule has 1 aliphatic rings. The third-order valence-corrected chi connectivity index (χ3v) is 6.75. The summed E-state index contributed by atoms with van der Waals surface area (Å²) in [6, 6.07) is 20.0. The van der Waals surface area contributed by atoms with E-state index < -0.39 is 10.1 Å². The molecule has 0 bridgehead atoms. The summed E-state index contributed by atoms with van der Waals surface area (Å²) >= 11 is 0. The van der Waals surface area contributed by atoms with E-state index in [1.165, 1.54) is 12.1 Å². The van der Waals surface area contributed by atoms with Crippen LogP contribution in [0.3, 0.4) is 0 Å². The zero-order valence-corrected chi connectivity index (χ0v) is 19.7. The highest BCUT2D eigenvalue weighted by atomic mass is 32.2. The molecule has 34 heavy (non-hydrogen) atoms. The predicted octanol–water partition coefficient (Wildman–Crippen LogP) is 3.57. The molecular weight excluding hydrogens is 458 g/mol. The van der Waals surface area contributed by atoms with Gasteiger partial charge in [0.05, 0.1) is 20.8 Å². The number of amides is 1. The molecule has 0 spiro atoms. The monoisotopic (exact) mass is 483 g/mol. The van der Waals surface area contributed by atoms with Crippen LogP contribution in [0.2, 0.25) is 0 Å². The molecule has 0 aliphatic carbocycles. The summed E-state index contributed by atoms with van der Waals surface area (Å²) in [5, 5.41) is 0. The van der Waals surface area contributed by atoms with Crippen LogP contribution in [-0.2, 0) is 26.2 Å². The van der Waals surface area contributed by atoms with E-state index in [0.717, 1.165) is 11.1 Å². The molecule has 0 saturated carbocycles. The molecule has 178 valence electrons. The van der Waals surface area contributed by atoms with Crippen LogP contribution in [0, 0.1) is 0 Å². The summed E-state index contributed by atoms with van der Waals surface area (Å²) in [6.07, 6.45) is -0.360. The van der Waals surface area contributed by atoms with Gasteiger partial charge in [0.2, 0.25) is 5.91 Å². The van der Waals surface area contributed by atoms with Gasteiger partial charge >= 0.3 is 10.1 Å². The van der Waals surface area contributed by atoms with Crippen molar-refractivity contribution < 1.29 is 31.6 Å². The van der Waals surface area contributed by atoms with Crippen LogP contribution in [0.1, 0.15) is 17.2 Å². The van der Waals surface area contributed by atoms with Gasteiger partial charge in [-0.25, -0.2) is 0 Å². The smallest absolute Gasteiger partial charge is 0.339 e. The zero-order valence-electron chi connectivity index (χ0n) is 18.8. The Labute approximate surface area is 198 Å². The van der Waals surface area contributed by atoms with Gasteiger partial charge in [-0.3, -0.25) is 4.79 Å². The number of morpholine rings is 1. The standard InChI is InChI=1S/C25H25NO7S/c1-30-21-13-10-19(23(14-21)31-2)15-26-16-24(32-17-25(26)27)18-8-11-20(12-9-18)33-34(28,29)22-6-4-3-5-7-22/h3-14,24H,15-17H2,1-2H3/t24-/m0/s1. The Bertz CT molecular complexity index is 1240. The molecule has 1 aliphatic heterocycles. The lowest BCUT2D eigenvalue weighted by Gasteiger charge is -2.33. The quantitative estimate of drug-likeness (QED) is 0.453. The molecule has 1 heterocycles. The van der Waals surface area contributed by atoms with E-state index in [1.807, 2.05) is 12.1 Å². The highest BCUT2D eigenvalue weighted by Crippen LogP contribution is 2.30. The van der Waals surface area contributed by atoms with Crippen LogP contribution in [0.5, 0.6) is 17.2 Å². The summed E-state index contributed by atoms with van der Waals surface area (Å²) in [5.41, 5.74) is 1.66. The Morgan fingerprint density at radius 2 is 1.65 bits per heavy atom. The summed E-state index contributed by atoms with van der Waals surface area (Å²) in [7, 11) is -0.764. The molecule has 0 N–H and O–H groups in total. The fourth-order valence-corrected chi connectivity index (χ4v) is 4.61. The van der Waals surface area contributed by atoms with Gasteiger partial charge in [-0.15, -0.1) is 0 Å². The van der Waals surface area contributed by atoms with Crippen LogP contribution in [-0.4, -0.2) is 46.6 Å². The topological polar surface area (TPSA) is 91.4 Å². The van der Waals surface area contributed by atoms with Crippen molar-refractivity contribution in [1.29, 1.82) is 0 Å². The average Bonchev–Trinajstić information content (AvgIpc) is 2.86. The van der Waals surface area contributed by atoms with Crippen molar-refractivity contribution in [2.45, 2.75) is 17.5 Å². The van der Waals surface area contributed by atoms with Gasteiger partial charge < -0.3 is 23.3 Å². The first-order valence-corrected chi connectivity index (χ1v) is 12.0. The van der Waals surface area contributed by atoms with Crippen molar-refractivity contribution >= 4 is 16.0 Å². The Hall–Kier alpha value is -3.56. The third-order valence-electron chi connectivity index (χ3n) is 5.49. The third kappa shape index (κ3) is 5.32. The van der Waals surface area contributed by atoms with E-state index >= 15 is 0 Å². The fourth-order valence-electron chi connectivity index (χ4n) is 3.66. The lowest BCUT2D eigenvalue weighted by Crippen LogP contribution is -2.42. The van der Waals surface area contributed by atoms with Crippen LogP contribution in [0.25, 0.3) is 0 Å². The number of benzene rings is 3. The maximum Gasteiger partial charge on any atom is 0.339 e. The molecular formula is C25H25NO7S. The van der Waals surface area contributed by atoms with Gasteiger partial charge in [0.1, 0.15) is 34.9 Å². The minimum atomic E-state index is -3.92. The van der Waals surface area contributed by atoms with Crippen molar-refractivity contribution in [2.24, 2.45) is 0 Å². The van der Waals surface area contributed by atoms with Gasteiger partial charge in [-0.1, -0.05) is 30.3 Å². The van der Waals surface area contributed by atoms with Gasteiger partial charge in [0.15, 0.2) is 0 Å². The number of nitrogens with zero attached hydrogens (tertiary/aromatic N) is 1. The Kier molecular flexibility index (Phi) is 7.04. The van der Waals surface area contributed by atoms with E-state index in [4.69, 9.17) is 18.4 Å². The molecule has 1 saturated heterocycles. The normalized spacial score (nSPS) is 16.2. The Morgan fingerprint density at radius 3 is 2.32 bits per heavy atom. The second-order valence-electron chi connectivity index (χ2n) is 7.67. The molecule has 1 amide bonds. The van der Waals surface area contributed by atoms with Gasteiger partial charge in [-0.2, -0.15) is 8.42 Å². The van der Waals surface area contributed by atoms with Gasteiger partial charge in [0, 0.05) is 18.2 Å². The van der Waals surface area contributed by atoms with E-state index in [1.54, 1.807) is 67.7 Å². The maximum atomic E-state index is 12.5. The summed E-state index contributed by atoms with van der Waals surface area (Å²) in [5.74, 6) is 1.38. The Morgan fingerprint density at radius 1 is 0.941 bits per heavy atom. The molecule has 0 unspecified atom stereocenters. The number of carbonyl (C=O) groups excluding carboxylic acids is 1. The van der Waals surface area contributed by atoms with Gasteiger partial charge in [0.25, 0.3) is 0 Å². The summed E-state index contributed by atoms with van der Waals surface area (Å²) < 4.78 is 46.5. The maximum absolute atomic E-state index is 12.5. The second-order valence-corrected chi connectivity index (χ2v) is 9.22. The largest absolute Gasteiger partial charge is 0.497 e. The number of ether oxygens (including phenoxy) is 3. The predicted molar refractivity (Wildman–Crippen MR) is 124 cm³/mol. The molecule has 3 aromatic rings. The lowest BCUT2D eigenvalue weighted by atomic mass is 10.1. The van der Waals surface area contributed by atoms with Crippen LogP contribution >= 0.6 is 0 Å². The Balaban J connectivity index is 1.45. The molecule has 9 heteroatoms. The fraction of sp³-hybridized carbons (Fsp3) is 0.240. The summed E-state index contributed by atoms with van der Waals surface area (Å²) in [4.78, 5) is 14.3. The number of carbonyl (C=O) groups is 1. The lowest BCUT2D eigenvalue weighted by molar-refractivity contribution is -0.150. The summed E-state index contributed by atoms with van der Waals surface area (Å²) in [6.45, 7) is 0.655. The van der Waals surface area contributed by atoms with Crippen molar-refractivity contribution in [3.8, 4) is 17.2 Å². The molecule has 1 fully saturated rings. The highest BCUT2D eigenvalue weighted by molar-refractivity contribution is 7.87. The molecule has 0 aromatic heterocycles. The van der Waals surface area contributed by atoms with Crippen LogP contribution in [0.15, 0.2) is 77.7 Å². The molecule has 1 atom stereocenters. The van der Waals surface area contributed by atoms with Crippen LogP contribution in [0.4, 0.5) is 0 Å². The first-order chi connectivity index (χ1) is 16.4. The molecule has 0 radical (unpaired) electrons.